The van der Waals surface area contributed by atoms with Gasteiger partial charge in [-0.1, -0.05) is 60.1 Å². The molecule has 0 amide bonds. The van der Waals surface area contributed by atoms with Gasteiger partial charge in [-0.15, -0.1) is 0 Å². The van der Waals surface area contributed by atoms with Crippen LogP contribution in [0.5, 0.6) is 0 Å². The van der Waals surface area contributed by atoms with E-state index in [1.165, 1.54) is 44.9 Å². The number of fused-ring (bicyclic) bond motifs is 6. The van der Waals surface area contributed by atoms with E-state index in [9.17, 15) is 9.90 Å². The van der Waals surface area contributed by atoms with Crippen molar-refractivity contribution >= 4 is 5.97 Å². The first-order valence-electron chi connectivity index (χ1n) is 15.8. The Hall–Kier alpha value is -0.830. The molecule has 0 aromatic rings. The Bertz CT molecular complexity index is 939. The lowest BCUT2D eigenvalue weighted by atomic mass is 9.41. The van der Waals surface area contributed by atoms with Crippen molar-refractivity contribution in [2.75, 3.05) is 0 Å². The Kier molecular flexibility index (Phi) is 6.82. The van der Waals surface area contributed by atoms with E-state index in [0.717, 1.165) is 38.0 Å². The van der Waals surface area contributed by atoms with Crippen molar-refractivity contribution in [3.63, 3.8) is 0 Å². The Morgan fingerprint density at radius 3 is 2.19 bits per heavy atom. The third-order valence-electron chi connectivity index (χ3n) is 14.3. The van der Waals surface area contributed by atoms with Crippen molar-refractivity contribution in [2.45, 2.75) is 145 Å². The van der Waals surface area contributed by atoms with Crippen LogP contribution in [0.1, 0.15) is 132 Å². The fraction of sp³-hybridized carbons (Fsp3) is 0.912. The highest BCUT2D eigenvalue weighted by atomic mass is 16.5. The van der Waals surface area contributed by atoms with Crippen molar-refractivity contribution in [1.82, 2.24) is 0 Å². The summed E-state index contributed by atoms with van der Waals surface area (Å²) in [5.74, 6) is 2.49. The SMILES string of the molecule is CCC1(C)C(O)CCC2(C)C3CCC4C(C)(CCC5C(C)(CC)C(OC(C)=O)CCC45C)CC3=CCC12. The molecule has 0 aromatic carbocycles. The van der Waals surface area contributed by atoms with Gasteiger partial charge in [0.25, 0.3) is 0 Å². The predicted molar refractivity (Wildman–Crippen MR) is 151 cm³/mol. The van der Waals surface area contributed by atoms with Gasteiger partial charge in [-0.3, -0.25) is 4.79 Å². The number of rotatable bonds is 3. The van der Waals surface area contributed by atoms with E-state index in [-0.39, 0.29) is 29.0 Å². The number of esters is 1. The zero-order valence-electron chi connectivity index (χ0n) is 25.3. The summed E-state index contributed by atoms with van der Waals surface area (Å²) in [7, 11) is 0. The normalized spacial score (nSPS) is 53.5. The van der Waals surface area contributed by atoms with Crippen molar-refractivity contribution < 1.29 is 14.6 Å². The fourth-order valence-corrected chi connectivity index (χ4v) is 11.9. The van der Waals surface area contributed by atoms with E-state index in [4.69, 9.17) is 4.74 Å². The molecule has 0 spiro atoms. The molecular formula is C34H56O3. The minimum atomic E-state index is -0.157. The minimum absolute atomic E-state index is 0.0348. The molecule has 4 fully saturated rings. The van der Waals surface area contributed by atoms with Gasteiger partial charge >= 0.3 is 5.97 Å². The molecule has 0 radical (unpaired) electrons. The lowest BCUT2D eigenvalue weighted by Gasteiger charge is -2.64. The molecule has 0 aromatic heterocycles. The number of ether oxygens (including phenoxy) is 1. The summed E-state index contributed by atoms with van der Waals surface area (Å²) in [5, 5.41) is 11.1. The number of hydrogen-bond acceptors (Lipinski definition) is 3. The summed E-state index contributed by atoms with van der Waals surface area (Å²) in [6, 6.07) is 0. The molecule has 5 rings (SSSR count). The fourth-order valence-electron chi connectivity index (χ4n) is 11.9. The van der Waals surface area contributed by atoms with Crippen LogP contribution in [0, 0.1) is 50.7 Å². The van der Waals surface area contributed by atoms with Crippen molar-refractivity contribution in [3.8, 4) is 0 Å². The largest absolute Gasteiger partial charge is 0.462 e. The average Bonchev–Trinajstić information content (AvgIpc) is 3.00. The molecule has 4 saturated carbocycles. The molecule has 11 unspecified atom stereocenters. The van der Waals surface area contributed by atoms with Gasteiger partial charge in [0.2, 0.25) is 0 Å². The lowest BCUT2D eigenvalue weighted by Crippen LogP contribution is -2.59. The maximum atomic E-state index is 12.0. The predicted octanol–water partition coefficient (Wildman–Crippen LogP) is 8.49. The maximum Gasteiger partial charge on any atom is 0.302 e. The van der Waals surface area contributed by atoms with Crippen LogP contribution >= 0.6 is 0 Å². The van der Waals surface area contributed by atoms with Gasteiger partial charge in [0.1, 0.15) is 6.10 Å². The monoisotopic (exact) mass is 512 g/mol. The molecular weight excluding hydrogens is 456 g/mol. The Morgan fingerprint density at radius 2 is 1.54 bits per heavy atom. The Morgan fingerprint density at radius 1 is 0.865 bits per heavy atom. The van der Waals surface area contributed by atoms with Crippen LogP contribution in [0.4, 0.5) is 0 Å². The van der Waals surface area contributed by atoms with Crippen LogP contribution in [0.2, 0.25) is 0 Å². The smallest absolute Gasteiger partial charge is 0.302 e. The van der Waals surface area contributed by atoms with Crippen LogP contribution in [-0.2, 0) is 9.53 Å². The second-order valence-electron chi connectivity index (χ2n) is 15.6. The Labute approximate surface area is 227 Å². The molecule has 11 atom stereocenters. The molecule has 3 heteroatoms. The van der Waals surface area contributed by atoms with Crippen LogP contribution in [0.15, 0.2) is 11.6 Å². The van der Waals surface area contributed by atoms with E-state index in [2.05, 4.69) is 54.5 Å². The van der Waals surface area contributed by atoms with E-state index >= 15 is 0 Å². The quantitative estimate of drug-likeness (QED) is 0.304. The molecule has 1 N–H and O–H groups in total. The summed E-state index contributed by atoms with van der Waals surface area (Å²) in [4.78, 5) is 12.0. The van der Waals surface area contributed by atoms with Crippen molar-refractivity contribution in [2.24, 2.45) is 50.7 Å². The summed E-state index contributed by atoms with van der Waals surface area (Å²) >= 11 is 0. The van der Waals surface area contributed by atoms with Gasteiger partial charge in [0, 0.05) is 12.3 Å². The molecule has 5 aliphatic carbocycles. The average molecular weight is 513 g/mol. The van der Waals surface area contributed by atoms with Crippen LogP contribution < -0.4 is 0 Å². The lowest BCUT2D eigenvalue weighted by molar-refractivity contribution is -0.197. The van der Waals surface area contributed by atoms with Crippen LogP contribution in [0.3, 0.4) is 0 Å². The first kappa shape index (κ1) is 27.7. The highest BCUT2D eigenvalue weighted by Crippen LogP contribution is 2.71. The standard InChI is InChI=1S/C34H56O3/c1-9-31(5)26-13-11-23-21-30(4)18-15-27-32(6,10-2)29(37-22(3)35)17-20-34(27,8)25(30)14-12-24(23)33(26,7)19-16-28(31)36/h11,24-29,36H,9-10,12-21H2,1-8H3. The van der Waals surface area contributed by atoms with Gasteiger partial charge in [-0.05, 0) is 122 Å². The second kappa shape index (κ2) is 9.10. The van der Waals surface area contributed by atoms with E-state index in [0.29, 0.717) is 34.0 Å². The van der Waals surface area contributed by atoms with Gasteiger partial charge in [0.15, 0.2) is 0 Å². The first-order valence-corrected chi connectivity index (χ1v) is 15.8. The first-order chi connectivity index (χ1) is 17.3. The van der Waals surface area contributed by atoms with Gasteiger partial charge < -0.3 is 9.84 Å². The van der Waals surface area contributed by atoms with E-state index in [1.807, 2.05) is 0 Å². The van der Waals surface area contributed by atoms with Gasteiger partial charge in [0.05, 0.1) is 6.10 Å². The van der Waals surface area contributed by atoms with Gasteiger partial charge in [-0.25, -0.2) is 0 Å². The highest BCUT2D eigenvalue weighted by Gasteiger charge is 2.64. The maximum absolute atomic E-state index is 12.0. The van der Waals surface area contributed by atoms with Gasteiger partial charge in [-0.2, -0.15) is 0 Å². The zero-order valence-corrected chi connectivity index (χ0v) is 25.3. The third kappa shape index (κ3) is 3.86. The van der Waals surface area contributed by atoms with E-state index in [1.54, 1.807) is 12.5 Å². The number of carbonyl (C=O) groups excluding carboxylic acids is 1. The summed E-state index contributed by atoms with van der Waals surface area (Å²) in [6.45, 7) is 18.9. The number of hydrogen-bond donors (Lipinski definition) is 1. The van der Waals surface area contributed by atoms with Crippen LogP contribution in [-0.4, -0.2) is 23.3 Å². The summed E-state index contributed by atoms with van der Waals surface area (Å²) < 4.78 is 6.00. The zero-order chi connectivity index (χ0) is 27.0. The van der Waals surface area contributed by atoms with E-state index < -0.39 is 0 Å². The number of allylic oxidation sites excluding steroid dienone is 2. The van der Waals surface area contributed by atoms with Crippen LogP contribution in [0.25, 0.3) is 0 Å². The molecule has 0 heterocycles. The number of carbonyl (C=O) groups is 1. The molecule has 210 valence electrons. The Balaban J connectivity index is 1.48. The minimum Gasteiger partial charge on any atom is -0.462 e. The molecule has 0 aliphatic heterocycles. The highest BCUT2D eigenvalue weighted by molar-refractivity contribution is 5.66. The van der Waals surface area contributed by atoms with Crippen molar-refractivity contribution in [1.29, 1.82) is 0 Å². The number of aliphatic hydroxyl groups is 1. The molecule has 0 bridgehead atoms. The summed E-state index contributed by atoms with van der Waals surface area (Å²) in [6.07, 6.45) is 16.7. The number of aliphatic hydroxyl groups excluding tert-OH is 1. The molecule has 0 saturated heterocycles. The van der Waals surface area contributed by atoms with Crippen molar-refractivity contribution in [3.05, 3.63) is 11.6 Å². The second-order valence-corrected chi connectivity index (χ2v) is 15.6. The molecule has 3 nitrogen and oxygen atoms in total. The topological polar surface area (TPSA) is 46.5 Å². The molecule has 37 heavy (non-hydrogen) atoms. The third-order valence-corrected chi connectivity index (χ3v) is 14.3. The molecule has 5 aliphatic rings. The summed E-state index contributed by atoms with van der Waals surface area (Å²) in [5.41, 5.74) is 2.85.